The van der Waals surface area contributed by atoms with Crippen LogP contribution in [0.2, 0.25) is 0 Å². The van der Waals surface area contributed by atoms with Gasteiger partial charge in [0.25, 0.3) is 16.7 Å². The van der Waals surface area contributed by atoms with Gasteiger partial charge in [-0.1, -0.05) is 48.2 Å². The lowest BCUT2D eigenvalue weighted by molar-refractivity contribution is -0.116. The highest BCUT2D eigenvalue weighted by Crippen LogP contribution is 2.27. The molecule has 170 valence electrons. The van der Waals surface area contributed by atoms with E-state index in [-0.39, 0.29) is 41.5 Å². The van der Waals surface area contributed by atoms with Gasteiger partial charge in [0.1, 0.15) is 5.82 Å². The molecule has 10 nitrogen and oxygen atoms in total. The van der Waals surface area contributed by atoms with E-state index in [1.165, 1.54) is 20.8 Å². The number of benzene rings is 1. The minimum Gasteiger partial charge on any atom is -0.410 e. The minimum atomic E-state index is -0.722. The number of nitrogens with one attached hydrogen (secondary N) is 1. The summed E-state index contributed by atoms with van der Waals surface area (Å²) >= 11 is 2.52. The third-order valence-electron chi connectivity index (χ3n) is 4.74. The van der Waals surface area contributed by atoms with E-state index in [0.717, 1.165) is 22.2 Å². The van der Waals surface area contributed by atoms with Gasteiger partial charge in [0.2, 0.25) is 5.91 Å². The fourth-order valence-electron chi connectivity index (χ4n) is 3.19. The summed E-state index contributed by atoms with van der Waals surface area (Å²) in [6.07, 6.45) is 0. The highest BCUT2D eigenvalue weighted by molar-refractivity contribution is 7.99. The van der Waals surface area contributed by atoms with Gasteiger partial charge in [0.15, 0.2) is 5.69 Å². The van der Waals surface area contributed by atoms with Gasteiger partial charge in [-0.05, 0) is 23.9 Å². The Bertz CT molecular complexity index is 1360. The van der Waals surface area contributed by atoms with E-state index in [0.29, 0.717) is 5.89 Å². The summed E-state index contributed by atoms with van der Waals surface area (Å²) in [4.78, 5) is 42.3. The van der Waals surface area contributed by atoms with Crippen molar-refractivity contribution in [3.05, 3.63) is 74.2 Å². The fraction of sp³-hybridized carbons (Fsp3) is 0.190. The number of carbonyl (C=O) groups excluding carboxylic acids is 1. The Labute approximate surface area is 196 Å². The molecule has 33 heavy (non-hydrogen) atoms. The number of thioether (sulfide) groups is 1. The smallest absolute Gasteiger partial charge is 0.330 e. The van der Waals surface area contributed by atoms with Crippen molar-refractivity contribution in [3.63, 3.8) is 0 Å². The maximum atomic E-state index is 13.0. The molecule has 3 heterocycles. The van der Waals surface area contributed by atoms with E-state index in [1.807, 2.05) is 47.8 Å². The molecular formula is C21H20N6O4S2. The van der Waals surface area contributed by atoms with Gasteiger partial charge in [-0.25, -0.2) is 4.79 Å². The molecule has 0 bridgehead atoms. The largest absolute Gasteiger partial charge is 0.410 e. The molecule has 4 aromatic rings. The van der Waals surface area contributed by atoms with Crippen molar-refractivity contribution in [3.8, 4) is 10.8 Å². The summed E-state index contributed by atoms with van der Waals surface area (Å²) in [6.45, 7) is 2.05. The number of anilines is 2. The number of hydrogen-bond donors (Lipinski definition) is 2. The molecule has 0 aliphatic rings. The topological polar surface area (TPSA) is 140 Å². The molecule has 1 amide bonds. The number of hydrogen-bond acceptors (Lipinski definition) is 9. The Kier molecular flexibility index (Phi) is 6.75. The van der Waals surface area contributed by atoms with E-state index in [2.05, 4.69) is 15.2 Å². The average molecular weight is 485 g/mol. The molecule has 3 N–H and O–H groups in total. The van der Waals surface area contributed by atoms with Gasteiger partial charge >= 0.3 is 5.69 Å². The second-order valence-corrected chi connectivity index (χ2v) is 8.72. The van der Waals surface area contributed by atoms with Crippen molar-refractivity contribution in [2.45, 2.75) is 18.7 Å². The summed E-state index contributed by atoms with van der Waals surface area (Å²) in [7, 11) is 0. The summed E-state index contributed by atoms with van der Waals surface area (Å²) in [5.74, 6) is -0.150. The van der Waals surface area contributed by atoms with Gasteiger partial charge in [-0.3, -0.25) is 19.1 Å². The van der Waals surface area contributed by atoms with Crippen molar-refractivity contribution in [1.29, 1.82) is 0 Å². The number of nitrogens with zero attached hydrogens (tertiary/aromatic N) is 4. The Hall–Kier alpha value is -3.64. The molecule has 4 rings (SSSR count). The molecule has 0 fully saturated rings. The fourth-order valence-corrected chi connectivity index (χ4v) is 4.47. The van der Waals surface area contributed by atoms with Gasteiger partial charge < -0.3 is 15.1 Å². The second kappa shape index (κ2) is 9.88. The lowest BCUT2D eigenvalue weighted by Crippen LogP contribution is -2.41. The maximum absolute atomic E-state index is 13.0. The zero-order chi connectivity index (χ0) is 23.4. The number of nitrogen functional groups attached to an aromatic ring is 1. The Balaban J connectivity index is 1.55. The van der Waals surface area contributed by atoms with E-state index in [1.54, 1.807) is 6.92 Å². The van der Waals surface area contributed by atoms with Crippen molar-refractivity contribution < 1.29 is 9.21 Å². The standard InChI is InChI=1S/C21H20N6O4S2/c1-2-26(15(28)12-33-21-25-24-19(31-21)14-9-6-10-32-14)16-17(22)27(20(30)23-18(16)29)11-13-7-4-3-5-8-13/h3-10H,2,11-12,22H2,1H3,(H,23,29,30). The SMILES string of the molecule is CCN(C(=O)CSc1nnc(-c2cccs2)o1)c1c(N)n(Cc2ccccc2)c(=O)[nH]c1=O. The summed E-state index contributed by atoms with van der Waals surface area (Å²) in [6, 6.07) is 12.9. The van der Waals surface area contributed by atoms with Crippen LogP contribution >= 0.6 is 23.1 Å². The monoisotopic (exact) mass is 484 g/mol. The Morgan fingerprint density at radius 2 is 2.00 bits per heavy atom. The first-order chi connectivity index (χ1) is 16.0. The number of carbonyl (C=O) groups is 1. The van der Waals surface area contributed by atoms with Crippen LogP contribution in [0.15, 0.2) is 67.1 Å². The zero-order valence-corrected chi connectivity index (χ0v) is 19.2. The van der Waals surface area contributed by atoms with E-state index >= 15 is 0 Å². The van der Waals surface area contributed by atoms with Crippen LogP contribution in [0.3, 0.4) is 0 Å². The summed E-state index contributed by atoms with van der Waals surface area (Å²) in [5, 5.41) is 10.1. The lowest BCUT2D eigenvalue weighted by Gasteiger charge is -2.22. The van der Waals surface area contributed by atoms with Crippen LogP contribution in [0.25, 0.3) is 10.8 Å². The van der Waals surface area contributed by atoms with Gasteiger partial charge in [0.05, 0.1) is 17.2 Å². The first-order valence-corrected chi connectivity index (χ1v) is 11.8. The number of aromatic nitrogens is 4. The summed E-state index contributed by atoms with van der Waals surface area (Å²) < 4.78 is 6.83. The molecule has 0 radical (unpaired) electrons. The first kappa shape index (κ1) is 22.6. The van der Waals surface area contributed by atoms with Crippen LogP contribution < -0.4 is 21.9 Å². The summed E-state index contributed by atoms with van der Waals surface area (Å²) in [5.41, 5.74) is 5.61. The molecule has 12 heteroatoms. The highest BCUT2D eigenvalue weighted by atomic mass is 32.2. The third kappa shape index (κ3) is 4.91. The predicted octanol–water partition coefficient (Wildman–Crippen LogP) is 2.42. The van der Waals surface area contributed by atoms with Crippen LogP contribution in [0.1, 0.15) is 12.5 Å². The Morgan fingerprint density at radius 3 is 2.70 bits per heavy atom. The quantitative estimate of drug-likeness (QED) is 0.363. The normalized spacial score (nSPS) is 10.9. The second-order valence-electron chi connectivity index (χ2n) is 6.84. The van der Waals surface area contributed by atoms with Gasteiger partial charge in [-0.15, -0.1) is 21.5 Å². The van der Waals surface area contributed by atoms with E-state index < -0.39 is 11.2 Å². The molecular weight excluding hydrogens is 464 g/mol. The van der Waals surface area contributed by atoms with Gasteiger partial charge in [0, 0.05) is 6.54 Å². The molecule has 0 atom stereocenters. The van der Waals surface area contributed by atoms with Crippen LogP contribution in [-0.2, 0) is 11.3 Å². The number of rotatable bonds is 8. The lowest BCUT2D eigenvalue weighted by atomic mass is 10.2. The van der Waals surface area contributed by atoms with E-state index in [4.69, 9.17) is 10.2 Å². The van der Waals surface area contributed by atoms with Crippen LogP contribution in [0, 0.1) is 0 Å². The van der Waals surface area contributed by atoms with Crippen molar-refractivity contribution >= 4 is 40.5 Å². The zero-order valence-electron chi connectivity index (χ0n) is 17.6. The number of H-pyrrole nitrogens is 1. The molecule has 0 saturated heterocycles. The van der Waals surface area contributed by atoms with Crippen molar-refractivity contribution in [2.75, 3.05) is 22.9 Å². The Morgan fingerprint density at radius 1 is 1.21 bits per heavy atom. The molecule has 0 spiro atoms. The van der Waals surface area contributed by atoms with E-state index in [9.17, 15) is 14.4 Å². The van der Waals surface area contributed by atoms with Crippen LogP contribution in [0.4, 0.5) is 11.5 Å². The molecule has 3 aromatic heterocycles. The third-order valence-corrected chi connectivity index (χ3v) is 6.40. The molecule has 0 saturated carbocycles. The minimum absolute atomic E-state index is 0.0589. The number of amides is 1. The molecule has 0 aliphatic carbocycles. The average Bonchev–Trinajstić information content (AvgIpc) is 3.50. The number of aromatic amines is 1. The predicted molar refractivity (Wildman–Crippen MR) is 128 cm³/mol. The number of nitrogens with two attached hydrogens (primary N) is 1. The van der Waals surface area contributed by atoms with Crippen LogP contribution in [-0.4, -0.2) is 38.0 Å². The molecule has 0 unspecified atom stereocenters. The number of thiophene rings is 1. The van der Waals surface area contributed by atoms with Gasteiger partial charge in [-0.2, -0.15) is 0 Å². The van der Waals surface area contributed by atoms with Crippen LogP contribution in [0.5, 0.6) is 0 Å². The van der Waals surface area contributed by atoms with Crippen molar-refractivity contribution in [1.82, 2.24) is 19.7 Å². The molecule has 1 aromatic carbocycles. The van der Waals surface area contributed by atoms with Crippen molar-refractivity contribution in [2.24, 2.45) is 0 Å². The first-order valence-electron chi connectivity index (χ1n) is 9.95. The maximum Gasteiger partial charge on any atom is 0.330 e. The highest BCUT2D eigenvalue weighted by Gasteiger charge is 2.24. The molecule has 0 aliphatic heterocycles.